The smallest absolute Gasteiger partial charge is 0.328 e. The maximum Gasteiger partial charge on any atom is 0.328 e. The van der Waals surface area contributed by atoms with Gasteiger partial charge in [0.1, 0.15) is 18.4 Å². The minimum Gasteiger partial charge on any atom is -0.492 e. The van der Waals surface area contributed by atoms with Gasteiger partial charge in [-0.15, -0.1) is 0 Å². The Morgan fingerprint density at radius 2 is 1.42 bits per heavy atom. The summed E-state index contributed by atoms with van der Waals surface area (Å²) in [6, 6.07) is 32.6. The van der Waals surface area contributed by atoms with Crippen molar-refractivity contribution in [2.75, 3.05) is 30.5 Å². The van der Waals surface area contributed by atoms with E-state index in [1.54, 1.807) is 35.2 Å². The van der Waals surface area contributed by atoms with E-state index in [9.17, 15) is 14.4 Å². The fourth-order valence-electron chi connectivity index (χ4n) is 4.75. The molecule has 1 unspecified atom stereocenters. The zero-order chi connectivity index (χ0) is 30.6. The molecule has 7 nitrogen and oxygen atoms in total. The molecule has 1 N–H and O–H groups in total. The van der Waals surface area contributed by atoms with Gasteiger partial charge in [0.05, 0.1) is 13.7 Å². The lowest BCUT2D eigenvalue weighted by Gasteiger charge is -2.24. The van der Waals surface area contributed by atoms with Crippen LogP contribution in [0.25, 0.3) is 0 Å². The average molecular weight is 579 g/mol. The van der Waals surface area contributed by atoms with Crippen molar-refractivity contribution in [3.05, 3.63) is 126 Å². The molecule has 222 valence electrons. The predicted molar refractivity (Wildman–Crippen MR) is 170 cm³/mol. The number of benzene rings is 4. The molecule has 1 amide bonds. The Kier molecular flexibility index (Phi) is 11.1. The van der Waals surface area contributed by atoms with Crippen molar-refractivity contribution in [3.8, 4) is 5.75 Å². The van der Waals surface area contributed by atoms with Crippen LogP contribution in [0.1, 0.15) is 41.8 Å². The van der Waals surface area contributed by atoms with Crippen LogP contribution in [0.4, 0.5) is 11.4 Å². The van der Waals surface area contributed by atoms with Gasteiger partial charge in [-0.2, -0.15) is 0 Å². The van der Waals surface area contributed by atoms with Crippen molar-refractivity contribution in [1.29, 1.82) is 0 Å². The first-order chi connectivity index (χ1) is 20.9. The monoisotopic (exact) mass is 578 g/mol. The number of nitrogens with zero attached hydrogens (tertiary/aromatic N) is 1. The highest BCUT2D eigenvalue weighted by molar-refractivity contribution is 6.12. The van der Waals surface area contributed by atoms with E-state index in [0.717, 1.165) is 11.3 Å². The molecule has 0 saturated carbocycles. The molecule has 0 fully saturated rings. The topological polar surface area (TPSA) is 84.9 Å². The molecule has 0 aliphatic heterocycles. The van der Waals surface area contributed by atoms with E-state index in [0.29, 0.717) is 48.6 Å². The molecule has 0 heterocycles. The molecule has 0 saturated heterocycles. The summed E-state index contributed by atoms with van der Waals surface area (Å²) in [6.07, 6.45) is 0.802. The Morgan fingerprint density at radius 3 is 2.07 bits per heavy atom. The number of amides is 1. The summed E-state index contributed by atoms with van der Waals surface area (Å²) in [6.45, 7) is 4.81. The third-order valence-electron chi connectivity index (χ3n) is 6.92. The highest BCUT2D eigenvalue weighted by Crippen LogP contribution is 2.23. The van der Waals surface area contributed by atoms with Crippen LogP contribution in [0.5, 0.6) is 5.75 Å². The van der Waals surface area contributed by atoms with Gasteiger partial charge in [0.25, 0.3) is 0 Å². The number of carbonyl (C=O) groups is 3. The van der Waals surface area contributed by atoms with E-state index >= 15 is 0 Å². The standard InChI is InChI=1S/C36H38N2O5/c1-26(2)24-34(39)38(29-14-8-5-9-15-29)22-23-43-30-20-18-27(19-21-30)25-33(36(41)42-3)37-32-17-11-10-16-31(32)35(40)28-12-6-4-7-13-28/h4-21,26,33,37H,22-25H2,1-3H3. The number of ketones is 1. The van der Waals surface area contributed by atoms with Crippen LogP contribution in [0.15, 0.2) is 109 Å². The Labute approximate surface area is 253 Å². The van der Waals surface area contributed by atoms with E-state index in [-0.39, 0.29) is 17.6 Å². The van der Waals surface area contributed by atoms with Gasteiger partial charge in [0, 0.05) is 35.3 Å². The van der Waals surface area contributed by atoms with Gasteiger partial charge in [0.2, 0.25) is 5.91 Å². The summed E-state index contributed by atoms with van der Waals surface area (Å²) in [5, 5.41) is 3.23. The van der Waals surface area contributed by atoms with Crippen molar-refractivity contribution in [2.45, 2.75) is 32.7 Å². The average Bonchev–Trinajstić information content (AvgIpc) is 3.03. The van der Waals surface area contributed by atoms with E-state index in [4.69, 9.17) is 9.47 Å². The van der Waals surface area contributed by atoms with E-state index in [2.05, 4.69) is 5.32 Å². The van der Waals surface area contributed by atoms with Gasteiger partial charge >= 0.3 is 5.97 Å². The molecule has 1 atom stereocenters. The lowest BCUT2D eigenvalue weighted by molar-refractivity contribution is -0.141. The number of methoxy groups -OCH3 is 1. The fraction of sp³-hybridized carbons (Fsp3) is 0.250. The van der Waals surface area contributed by atoms with Crippen LogP contribution < -0.4 is 15.0 Å². The molecule has 4 rings (SSSR count). The van der Waals surface area contributed by atoms with Crippen molar-refractivity contribution >= 4 is 29.0 Å². The maximum atomic E-state index is 13.2. The van der Waals surface area contributed by atoms with Crippen molar-refractivity contribution in [1.82, 2.24) is 0 Å². The number of carbonyl (C=O) groups excluding carboxylic acids is 3. The summed E-state index contributed by atoms with van der Waals surface area (Å²) in [7, 11) is 1.35. The zero-order valence-electron chi connectivity index (χ0n) is 24.9. The summed E-state index contributed by atoms with van der Waals surface area (Å²) in [4.78, 5) is 40.6. The molecule has 0 aromatic heterocycles. The molecule has 0 aliphatic carbocycles. The molecule has 7 heteroatoms. The highest BCUT2D eigenvalue weighted by atomic mass is 16.5. The van der Waals surface area contributed by atoms with Gasteiger partial charge in [-0.25, -0.2) is 4.79 Å². The minimum atomic E-state index is -0.715. The molecule has 0 spiro atoms. The van der Waals surface area contributed by atoms with Crippen LogP contribution in [-0.2, 0) is 20.7 Å². The number of nitrogens with one attached hydrogen (secondary N) is 1. The molecule has 43 heavy (non-hydrogen) atoms. The van der Waals surface area contributed by atoms with Crippen LogP contribution in [-0.4, -0.2) is 44.0 Å². The third-order valence-corrected chi connectivity index (χ3v) is 6.92. The normalized spacial score (nSPS) is 11.4. The van der Waals surface area contributed by atoms with E-state index < -0.39 is 12.0 Å². The summed E-state index contributed by atoms with van der Waals surface area (Å²) in [5.41, 5.74) is 3.34. The number of anilines is 2. The second-order valence-corrected chi connectivity index (χ2v) is 10.6. The molecule has 4 aromatic rings. The Hall–Kier alpha value is -4.91. The van der Waals surface area contributed by atoms with E-state index in [1.165, 1.54) is 7.11 Å². The Morgan fingerprint density at radius 1 is 0.791 bits per heavy atom. The maximum absolute atomic E-state index is 13.2. The first-order valence-corrected chi connectivity index (χ1v) is 14.5. The molecular weight excluding hydrogens is 540 g/mol. The zero-order valence-corrected chi connectivity index (χ0v) is 24.9. The Balaban J connectivity index is 1.41. The van der Waals surface area contributed by atoms with E-state index in [1.807, 2.05) is 92.7 Å². The lowest BCUT2D eigenvalue weighted by Crippen LogP contribution is -2.35. The van der Waals surface area contributed by atoms with Crippen LogP contribution in [0.2, 0.25) is 0 Å². The largest absolute Gasteiger partial charge is 0.492 e. The number of hydrogen-bond acceptors (Lipinski definition) is 6. The van der Waals surface area contributed by atoms with Crippen LogP contribution in [0.3, 0.4) is 0 Å². The number of ether oxygens (including phenoxy) is 2. The number of rotatable bonds is 14. The van der Waals surface area contributed by atoms with Crippen molar-refractivity contribution < 1.29 is 23.9 Å². The quantitative estimate of drug-likeness (QED) is 0.135. The van der Waals surface area contributed by atoms with Gasteiger partial charge in [-0.05, 0) is 47.9 Å². The number of hydrogen-bond donors (Lipinski definition) is 1. The molecule has 4 aromatic carbocycles. The van der Waals surface area contributed by atoms with Crippen molar-refractivity contribution in [2.24, 2.45) is 5.92 Å². The summed E-state index contributed by atoms with van der Waals surface area (Å²) < 4.78 is 11.1. The van der Waals surface area contributed by atoms with Crippen LogP contribution >= 0.6 is 0 Å². The van der Waals surface area contributed by atoms with Gasteiger partial charge in [-0.1, -0.05) is 86.6 Å². The summed E-state index contributed by atoms with van der Waals surface area (Å²) >= 11 is 0. The minimum absolute atomic E-state index is 0.0635. The SMILES string of the molecule is COC(=O)C(Cc1ccc(OCCN(C(=O)CC(C)C)c2ccccc2)cc1)Nc1ccccc1C(=O)c1ccccc1. The number of para-hydroxylation sites is 2. The summed E-state index contributed by atoms with van der Waals surface area (Å²) in [5.74, 6) is 0.413. The second kappa shape index (κ2) is 15.4. The molecule has 0 bridgehead atoms. The highest BCUT2D eigenvalue weighted by Gasteiger charge is 2.23. The lowest BCUT2D eigenvalue weighted by atomic mass is 10.00. The Bertz CT molecular complexity index is 1490. The molecule has 0 aliphatic rings. The van der Waals surface area contributed by atoms with Gasteiger partial charge in [0.15, 0.2) is 5.78 Å². The predicted octanol–water partition coefficient (Wildman–Crippen LogP) is 6.57. The fourth-order valence-corrected chi connectivity index (χ4v) is 4.75. The first kappa shape index (κ1) is 31.0. The van der Waals surface area contributed by atoms with Gasteiger partial charge < -0.3 is 19.7 Å². The first-order valence-electron chi connectivity index (χ1n) is 14.5. The molecular formula is C36H38N2O5. The van der Waals surface area contributed by atoms with Gasteiger partial charge in [-0.3, -0.25) is 9.59 Å². The number of esters is 1. The van der Waals surface area contributed by atoms with Crippen molar-refractivity contribution in [3.63, 3.8) is 0 Å². The second-order valence-electron chi connectivity index (χ2n) is 10.6. The van der Waals surface area contributed by atoms with Crippen LogP contribution in [0, 0.1) is 5.92 Å². The third kappa shape index (κ3) is 8.79. The molecule has 0 radical (unpaired) electrons.